The summed E-state index contributed by atoms with van der Waals surface area (Å²) in [6.45, 7) is 0. The van der Waals surface area contributed by atoms with Crippen LogP contribution in [0.25, 0.3) is 116 Å². The minimum absolute atomic E-state index is 0.587. The first kappa shape index (κ1) is 30.8. The van der Waals surface area contributed by atoms with E-state index in [9.17, 15) is 0 Å². The lowest BCUT2D eigenvalue weighted by atomic mass is 10.0. The van der Waals surface area contributed by atoms with E-state index in [1.165, 1.54) is 32.3 Å². The van der Waals surface area contributed by atoms with Crippen LogP contribution in [0.2, 0.25) is 0 Å². The Morgan fingerprint density at radius 3 is 1.84 bits per heavy atom. The van der Waals surface area contributed by atoms with E-state index in [4.69, 9.17) is 19.4 Å². The van der Waals surface area contributed by atoms with Crippen LogP contribution < -0.4 is 0 Å². The number of nitrogens with zero attached hydrogens (tertiary/aromatic N) is 4. The molecule has 5 heteroatoms. The molecule has 260 valence electrons. The van der Waals surface area contributed by atoms with Gasteiger partial charge < -0.3 is 8.98 Å². The third-order valence-corrected chi connectivity index (χ3v) is 11.2. The third-order valence-electron chi connectivity index (χ3n) is 11.2. The van der Waals surface area contributed by atoms with Crippen molar-refractivity contribution in [1.29, 1.82) is 0 Å². The summed E-state index contributed by atoms with van der Waals surface area (Å²) in [4.78, 5) is 15.6. The minimum atomic E-state index is 0.587. The molecule has 12 rings (SSSR count). The summed E-state index contributed by atoms with van der Waals surface area (Å²) >= 11 is 0. The summed E-state index contributed by atoms with van der Waals surface area (Å²) < 4.78 is 9.36. The predicted molar refractivity (Wildman–Crippen MR) is 230 cm³/mol. The molecule has 5 nitrogen and oxygen atoms in total. The van der Waals surface area contributed by atoms with Gasteiger partial charge in [-0.25, -0.2) is 15.0 Å². The second-order valence-corrected chi connectivity index (χ2v) is 14.4. The maximum absolute atomic E-state index is 6.96. The molecule has 0 aliphatic carbocycles. The number of hydrogen-bond donors (Lipinski definition) is 0. The summed E-state index contributed by atoms with van der Waals surface area (Å²) in [6.07, 6.45) is 0. The molecular formula is C51H30N4O. The van der Waals surface area contributed by atoms with E-state index in [1.54, 1.807) is 0 Å². The quantitative estimate of drug-likeness (QED) is 0.182. The molecule has 0 N–H and O–H groups in total. The summed E-state index contributed by atoms with van der Waals surface area (Å²) in [7, 11) is 0. The fourth-order valence-corrected chi connectivity index (χ4v) is 8.64. The summed E-state index contributed by atoms with van der Waals surface area (Å²) in [6, 6.07) is 63.8. The van der Waals surface area contributed by atoms with Crippen LogP contribution in [0.5, 0.6) is 0 Å². The highest BCUT2D eigenvalue weighted by Gasteiger charge is 2.24. The average molecular weight is 715 g/mol. The van der Waals surface area contributed by atoms with Gasteiger partial charge in [0.1, 0.15) is 5.58 Å². The first-order valence-corrected chi connectivity index (χ1v) is 18.9. The molecule has 0 atom stereocenters. The molecule has 0 radical (unpaired) electrons. The third kappa shape index (κ3) is 4.58. The van der Waals surface area contributed by atoms with Gasteiger partial charge in [0.05, 0.1) is 16.7 Å². The number of furan rings is 1. The fraction of sp³-hybridized carbons (Fsp3) is 0. The molecular weight excluding hydrogens is 685 g/mol. The highest BCUT2D eigenvalue weighted by atomic mass is 16.3. The van der Waals surface area contributed by atoms with Crippen molar-refractivity contribution in [2.45, 2.75) is 0 Å². The van der Waals surface area contributed by atoms with Crippen LogP contribution >= 0.6 is 0 Å². The van der Waals surface area contributed by atoms with Crippen LogP contribution in [0, 0.1) is 0 Å². The largest absolute Gasteiger partial charge is 0.454 e. The maximum Gasteiger partial charge on any atom is 0.164 e. The van der Waals surface area contributed by atoms with E-state index in [0.717, 1.165) is 66.1 Å². The second-order valence-electron chi connectivity index (χ2n) is 14.4. The zero-order valence-corrected chi connectivity index (χ0v) is 30.0. The van der Waals surface area contributed by atoms with E-state index in [-0.39, 0.29) is 0 Å². The van der Waals surface area contributed by atoms with Crippen LogP contribution in [-0.2, 0) is 0 Å². The second kappa shape index (κ2) is 11.9. The molecule has 0 aliphatic rings. The van der Waals surface area contributed by atoms with Crippen LogP contribution in [-0.4, -0.2) is 19.5 Å². The Bertz CT molecular complexity index is 3540. The van der Waals surface area contributed by atoms with Crippen molar-refractivity contribution in [3.05, 3.63) is 182 Å². The maximum atomic E-state index is 6.96. The summed E-state index contributed by atoms with van der Waals surface area (Å²) in [5, 5.41) is 11.3. The molecule has 0 spiro atoms. The predicted octanol–water partition coefficient (Wildman–Crippen LogP) is 13.3. The van der Waals surface area contributed by atoms with Gasteiger partial charge in [0, 0.05) is 43.6 Å². The summed E-state index contributed by atoms with van der Waals surface area (Å²) in [5.74, 6) is 1.82. The first-order chi connectivity index (χ1) is 27.8. The molecule has 0 aliphatic heterocycles. The molecule has 0 bridgehead atoms. The van der Waals surface area contributed by atoms with Crippen molar-refractivity contribution in [2.75, 3.05) is 0 Å². The van der Waals surface area contributed by atoms with E-state index < -0.39 is 0 Å². The molecule has 0 fully saturated rings. The van der Waals surface area contributed by atoms with Crippen LogP contribution in [0.4, 0.5) is 0 Å². The van der Waals surface area contributed by atoms with Gasteiger partial charge in [-0.1, -0.05) is 152 Å². The average Bonchev–Trinajstić information content (AvgIpc) is 3.81. The molecule has 0 unspecified atom stereocenters. The van der Waals surface area contributed by atoms with Crippen LogP contribution in [0.3, 0.4) is 0 Å². The Hall–Kier alpha value is -7.63. The zero-order valence-electron chi connectivity index (χ0n) is 30.0. The molecule has 0 saturated heterocycles. The number of para-hydroxylation sites is 1. The highest BCUT2D eigenvalue weighted by Crippen LogP contribution is 2.44. The molecule has 0 amide bonds. The SMILES string of the molecule is c1ccc(-c2nc(-c3cccc4ccccc34)nc(-c3ccc(-n4c5cc6ccccc6cc5c5ccc6ccccc6c54)c4oc5ccccc5c34)n2)cc1. The van der Waals surface area contributed by atoms with Gasteiger partial charge in [-0.15, -0.1) is 0 Å². The lowest BCUT2D eigenvalue weighted by Crippen LogP contribution is -2.01. The van der Waals surface area contributed by atoms with E-state index >= 15 is 0 Å². The van der Waals surface area contributed by atoms with E-state index in [0.29, 0.717) is 17.5 Å². The van der Waals surface area contributed by atoms with E-state index in [1.807, 2.05) is 42.5 Å². The van der Waals surface area contributed by atoms with Gasteiger partial charge in [-0.3, -0.25) is 0 Å². The number of hydrogen-bond acceptors (Lipinski definition) is 4. The van der Waals surface area contributed by atoms with Crippen molar-refractivity contribution in [3.8, 4) is 39.9 Å². The van der Waals surface area contributed by atoms with Gasteiger partial charge in [-0.05, 0) is 57.3 Å². The number of benzene rings is 9. The van der Waals surface area contributed by atoms with Crippen molar-refractivity contribution in [1.82, 2.24) is 19.5 Å². The van der Waals surface area contributed by atoms with Gasteiger partial charge >= 0.3 is 0 Å². The lowest BCUT2D eigenvalue weighted by Gasteiger charge is -2.14. The monoisotopic (exact) mass is 714 g/mol. The van der Waals surface area contributed by atoms with Crippen molar-refractivity contribution < 1.29 is 4.42 Å². The molecule has 0 saturated carbocycles. The van der Waals surface area contributed by atoms with Crippen molar-refractivity contribution in [3.63, 3.8) is 0 Å². The fourth-order valence-electron chi connectivity index (χ4n) is 8.64. The molecule has 9 aromatic carbocycles. The summed E-state index contributed by atoms with van der Waals surface area (Å²) in [5.41, 5.74) is 7.56. The number of fused-ring (bicyclic) bond motifs is 10. The van der Waals surface area contributed by atoms with Gasteiger partial charge in [-0.2, -0.15) is 0 Å². The van der Waals surface area contributed by atoms with Crippen LogP contribution in [0.15, 0.2) is 186 Å². The van der Waals surface area contributed by atoms with Crippen molar-refractivity contribution >= 4 is 76.1 Å². The smallest absolute Gasteiger partial charge is 0.164 e. The molecule has 3 heterocycles. The Balaban J connectivity index is 1.20. The highest BCUT2D eigenvalue weighted by molar-refractivity contribution is 6.22. The minimum Gasteiger partial charge on any atom is -0.454 e. The molecule has 56 heavy (non-hydrogen) atoms. The molecule has 12 aromatic rings. The zero-order chi connectivity index (χ0) is 36.7. The molecule has 3 aromatic heterocycles. The Morgan fingerprint density at radius 1 is 0.393 bits per heavy atom. The van der Waals surface area contributed by atoms with Gasteiger partial charge in [0.2, 0.25) is 0 Å². The lowest BCUT2D eigenvalue weighted by molar-refractivity contribution is 0.666. The van der Waals surface area contributed by atoms with Crippen LogP contribution in [0.1, 0.15) is 0 Å². The number of rotatable bonds is 4. The Morgan fingerprint density at radius 2 is 1.02 bits per heavy atom. The van der Waals surface area contributed by atoms with E-state index in [2.05, 4.69) is 144 Å². The topological polar surface area (TPSA) is 56.7 Å². The normalized spacial score (nSPS) is 11.9. The van der Waals surface area contributed by atoms with Crippen molar-refractivity contribution in [2.24, 2.45) is 0 Å². The number of aromatic nitrogens is 4. The van der Waals surface area contributed by atoms with Gasteiger partial charge in [0.25, 0.3) is 0 Å². The Kier molecular flexibility index (Phi) is 6.56. The first-order valence-electron chi connectivity index (χ1n) is 18.9. The Labute approximate surface area is 320 Å². The standard InChI is InChI=1S/C51H30N4O/c1-2-15-33(16-3-1)49-52-50(39-23-12-19-31-13-6-8-20-36(31)39)54-51(53-49)41-27-28-43(48-46(41)40-22-10-11-24-45(40)56-48)55-44-30-35-18-5-4-17-34(35)29-42(44)38-26-25-32-14-7-9-21-37(32)47(38)55/h1-30H. The van der Waals surface area contributed by atoms with Gasteiger partial charge in [0.15, 0.2) is 23.1 Å².